The van der Waals surface area contributed by atoms with Crippen molar-refractivity contribution in [3.63, 3.8) is 0 Å². The summed E-state index contributed by atoms with van der Waals surface area (Å²) < 4.78 is 437. The van der Waals surface area contributed by atoms with Gasteiger partial charge in [0, 0.05) is 0 Å². The molecule has 0 aliphatic heterocycles. The Morgan fingerprint density at radius 3 is 0.360 bits per heavy atom. The van der Waals surface area contributed by atoms with Crippen LogP contribution in [0.15, 0.2) is 0 Å². The highest BCUT2D eigenvalue weighted by atomic mass is 32.1. The van der Waals surface area contributed by atoms with Gasteiger partial charge in [0.05, 0.1) is 0 Å². The van der Waals surface area contributed by atoms with Gasteiger partial charge in [0.25, 0.3) is 0 Å². The summed E-state index contributed by atoms with van der Waals surface area (Å²) in [5.74, 6) is -135. The molecule has 0 aliphatic rings. The van der Waals surface area contributed by atoms with E-state index in [9.17, 15) is 145 Å². The molecule has 0 atom stereocenters. The van der Waals surface area contributed by atoms with Crippen LogP contribution < -0.4 is 0 Å². The number of hydrogen-bond donors (Lipinski definition) is 1. The minimum atomic E-state index is -10.2. The normalized spacial score (nSPS) is 17.4. The first kappa shape index (κ1) is 48.0. The predicted octanol–water partition coefficient (Wildman–Crippen LogP) is 11.0. The second kappa shape index (κ2) is 11.3. The van der Waals surface area contributed by atoms with Crippen molar-refractivity contribution in [1.29, 1.82) is 0 Å². The Bertz CT molecular complexity index is 1150. The monoisotopic (exact) mass is 852 g/mol. The molecule has 0 radical (unpaired) electrons. The standard InChI is InChI=1S/C16HF33S/c17-1(18,3(21,22)5(25,26)7(29,30)9(33,34)11(37,38)13(41,42)15(45,46)47)2(19,20)4(23,24)6(27,28)8(31,32)10(35,36)12(39,40)14(43,44)16(48,49)50/h50H. The molecular weight excluding hydrogens is 851 g/mol. The van der Waals surface area contributed by atoms with Crippen molar-refractivity contribution < 1.29 is 145 Å². The maximum Gasteiger partial charge on any atom is 0.460 e. The second-order valence-electron chi connectivity index (χ2n) is 9.08. The van der Waals surface area contributed by atoms with E-state index in [-0.39, 0.29) is 0 Å². The smallest absolute Gasteiger partial charge is 0.192 e. The molecular formula is C16HF33S. The average Bonchev–Trinajstić information content (AvgIpc) is 2.85. The predicted molar refractivity (Wildman–Crippen MR) is 89.2 cm³/mol. The van der Waals surface area contributed by atoms with Gasteiger partial charge in [0.1, 0.15) is 0 Å². The van der Waals surface area contributed by atoms with Crippen LogP contribution in [0.3, 0.4) is 0 Å². The van der Waals surface area contributed by atoms with Gasteiger partial charge in [-0.2, -0.15) is 145 Å². The molecule has 0 aliphatic carbocycles. The van der Waals surface area contributed by atoms with Crippen molar-refractivity contribution in [1.82, 2.24) is 0 Å². The summed E-state index contributed by atoms with van der Waals surface area (Å²) in [5, 5.41) is -7.20. The maximum atomic E-state index is 13.7. The van der Waals surface area contributed by atoms with E-state index in [2.05, 4.69) is 0 Å². The fraction of sp³-hybridized carbons (Fsp3) is 1.00. The largest absolute Gasteiger partial charge is 0.460 e. The molecule has 0 aromatic rings. The third-order valence-electron chi connectivity index (χ3n) is 5.86. The molecule has 0 saturated carbocycles. The number of hydrogen-bond acceptors (Lipinski definition) is 1. The van der Waals surface area contributed by atoms with Crippen molar-refractivity contribution in [3.05, 3.63) is 0 Å². The van der Waals surface area contributed by atoms with Gasteiger partial charge in [-0.05, 0) is 0 Å². The van der Waals surface area contributed by atoms with E-state index in [0.29, 0.717) is 0 Å². The molecule has 0 fully saturated rings. The molecule has 0 aromatic carbocycles. The van der Waals surface area contributed by atoms with Crippen LogP contribution in [0.2, 0.25) is 0 Å². The van der Waals surface area contributed by atoms with Crippen molar-refractivity contribution >= 4 is 12.6 Å². The molecule has 0 amide bonds. The third kappa shape index (κ3) is 5.28. The first-order valence-electron chi connectivity index (χ1n) is 10.2. The van der Waals surface area contributed by atoms with Gasteiger partial charge in [-0.15, -0.1) is 0 Å². The molecule has 0 saturated heterocycles. The van der Waals surface area contributed by atoms with Crippen molar-refractivity contribution in [2.45, 2.75) is 94.3 Å². The number of alkyl halides is 33. The van der Waals surface area contributed by atoms with Gasteiger partial charge < -0.3 is 0 Å². The topological polar surface area (TPSA) is 0 Å². The van der Waals surface area contributed by atoms with Crippen molar-refractivity contribution in [2.75, 3.05) is 0 Å². The zero-order valence-electron chi connectivity index (χ0n) is 20.9. The summed E-state index contributed by atoms with van der Waals surface area (Å²) in [6.45, 7) is 0. The highest BCUT2D eigenvalue weighted by molar-refractivity contribution is 7.81. The van der Waals surface area contributed by atoms with Crippen LogP contribution in [0, 0.1) is 0 Å². The molecule has 0 heterocycles. The van der Waals surface area contributed by atoms with E-state index in [1.54, 1.807) is 0 Å². The third-order valence-corrected chi connectivity index (χ3v) is 6.14. The molecule has 34 heteroatoms. The Morgan fingerprint density at radius 1 is 0.160 bits per heavy atom. The lowest BCUT2D eigenvalue weighted by Gasteiger charge is -2.46. The van der Waals surface area contributed by atoms with E-state index in [1.807, 2.05) is 0 Å². The van der Waals surface area contributed by atoms with Gasteiger partial charge >= 0.3 is 94.3 Å². The highest BCUT2D eigenvalue weighted by Crippen LogP contribution is 2.70. The average molecular weight is 852 g/mol. The summed E-state index contributed by atoms with van der Waals surface area (Å²) >= 11 is 1.11. The lowest BCUT2D eigenvalue weighted by atomic mass is 9.83. The summed E-state index contributed by atoms with van der Waals surface area (Å²) in [6.07, 6.45) is -8.38. The van der Waals surface area contributed by atoms with E-state index >= 15 is 0 Å². The van der Waals surface area contributed by atoms with Crippen LogP contribution in [0.4, 0.5) is 145 Å². The van der Waals surface area contributed by atoms with Crippen LogP contribution in [0.25, 0.3) is 0 Å². The Kier molecular flexibility index (Phi) is 10.8. The van der Waals surface area contributed by atoms with Gasteiger partial charge in [-0.3, -0.25) is 0 Å². The summed E-state index contributed by atoms with van der Waals surface area (Å²) in [4.78, 5) is 0. The van der Waals surface area contributed by atoms with Gasteiger partial charge in [-0.1, -0.05) is 12.6 Å². The first-order valence-corrected chi connectivity index (χ1v) is 10.7. The van der Waals surface area contributed by atoms with Crippen LogP contribution >= 0.6 is 12.6 Å². The molecule has 302 valence electrons. The van der Waals surface area contributed by atoms with Crippen LogP contribution in [-0.2, 0) is 0 Å². The van der Waals surface area contributed by atoms with E-state index in [1.165, 1.54) is 0 Å². The molecule has 0 aromatic heterocycles. The molecule has 0 spiro atoms. The lowest BCUT2D eigenvalue weighted by molar-refractivity contribution is -0.490. The van der Waals surface area contributed by atoms with E-state index in [4.69, 9.17) is 0 Å². The zero-order valence-corrected chi connectivity index (χ0v) is 21.8. The van der Waals surface area contributed by atoms with E-state index < -0.39 is 94.3 Å². The highest BCUT2D eigenvalue weighted by Gasteiger charge is 3.01. The number of thiol groups is 1. The summed E-state index contributed by atoms with van der Waals surface area (Å²) in [7, 11) is 0. The SMILES string of the molecule is FC(F)(F)C(F)(F)C(F)(F)C(F)(F)C(F)(F)C(F)(F)C(F)(F)C(F)(F)C(F)(F)C(F)(F)C(F)(F)C(F)(F)C(F)(F)C(F)(F)C(F)(F)C(F)(F)S. The van der Waals surface area contributed by atoms with Gasteiger partial charge in [0.2, 0.25) is 0 Å². The zero-order chi connectivity index (χ0) is 42.0. The van der Waals surface area contributed by atoms with Gasteiger partial charge in [0.15, 0.2) is 0 Å². The molecule has 50 heavy (non-hydrogen) atoms. The Balaban J connectivity index is 7.70. The molecule has 0 rings (SSSR count). The van der Waals surface area contributed by atoms with Gasteiger partial charge in [-0.25, -0.2) is 0 Å². The van der Waals surface area contributed by atoms with Crippen molar-refractivity contribution in [3.8, 4) is 0 Å². The first-order chi connectivity index (χ1) is 20.8. The van der Waals surface area contributed by atoms with Crippen LogP contribution in [-0.4, -0.2) is 94.3 Å². The van der Waals surface area contributed by atoms with Crippen molar-refractivity contribution in [2.24, 2.45) is 0 Å². The van der Waals surface area contributed by atoms with Crippen LogP contribution in [0.5, 0.6) is 0 Å². The number of rotatable bonds is 14. The molecule has 0 N–H and O–H groups in total. The Hall–Kier alpha value is -1.96. The minimum Gasteiger partial charge on any atom is -0.192 e. The van der Waals surface area contributed by atoms with Crippen LogP contribution in [0.1, 0.15) is 0 Å². The Morgan fingerprint density at radius 2 is 0.260 bits per heavy atom. The minimum absolute atomic E-state index is 1.11. The molecule has 0 bridgehead atoms. The quantitative estimate of drug-likeness (QED) is 0.131. The fourth-order valence-corrected chi connectivity index (χ4v) is 2.87. The maximum absolute atomic E-state index is 13.7. The number of halogens is 33. The molecule has 0 nitrogen and oxygen atoms in total. The lowest BCUT2D eigenvalue weighted by Crippen LogP contribution is -2.79. The summed E-state index contributed by atoms with van der Waals surface area (Å²) in [6, 6.07) is 0. The summed E-state index contributed by atoms with van der Waals surface area (Å²) in [5.41, 5.74) is 0. The molecule has 0 unspecified atom stereocenters. The Labute approximate surface area is 253 Å². The fourth-order valence-electron chi connectivity index (χ4n) is 2.73. The van der Waals surface area contributed by atoms with E-state index in [0.717, 1.165) is 12.6 Å². The second-order valence-corrected chi connectivity index (χ2v) is 9.64.